The van der Waals surface area contributed by atoms with Crippen molar-refractivity contribution in [1.82, 2.24) is 14.8 Å². The van der Waals surface area contributed by atoms with Crippen LogP contribution in [0.1, 0.15) is 39.3 Å². The maximum Gasteiger partial charge on any atom is 0.410 e. The Bertz CT molecular complexity index is 925. The van der Waals surface area contributed by atoms with Gasteiger partial charge in [0.1, 0.15) is 10.6 Å². The third-order valence-corrected chi connectivity index (χ3v) is 6.35. The summed E-state index contributed by atoms with van der Waals surface area (Å²) < 4.78 is 5.43. The lowest BCUT2D eigenvalue weighted by Crippen LogP contribution is -2.45. The van der Waals surface area contributed by atoms with E-state index in [1.54, 1.807) is 11.9 Å². The Balaban J connectivity index is 1.55. The van der Waals surface area contributed by atoms with Crippen LogP contribution in [0.25, 0.3) is 10.6 Å². The number of benzene rings is 1. The summed E-state index contributed by atoms with van der Waals surface area (Å²) in [6, 6.07) is 7.58. The second-order valence-electron chi connectivity index (χ2n) is 9.01. The van der Waals surface area contributed by atoms with Crippen LogP contribution in [0.15, 0.2) is 29.6 Å². The Labute approximate surface area is 193 Å². The molecule has 1 saturated heterocycles. The number of carbonyl (C=O) groups is 2. The summed E-state index contributed by atoms with van der Waals surface area (Å²) >= 11 is 7.76. The van der Waals surface area contributed by atoms with Crippen LogP contribution in [0.5, 0.6) is 0 Å². The van der Waals surface area contributed by atoms with Gasteiger partial charge in [0.25, 0.3) is 0 Å². The van der Waals surface area contributed by atoms with E-state index >= 15 is 0 Å². The molecule has 0 spiro atoms. The highest BCUT2D eigenvalue weighted by Gasteiger charge is 2.27. The fraction of sp³-hybridized carbons (Fsp3) is 0.522. The number of ether oxygens (including phenoxy) is 1. The molecule has 168 valence electrons. The summed E-state index contributed by atoms with van der Waals surface area (Å²) in [5.41, 5.74) is 1.13. The molecule has 0 N–H and O–H groups in total. The van der Waals surface area contributed by atoms with Crippen molar-refractivity contribution in [3.05, 3.63) is 40.4 Å². The number of rotatable bonds is 5. The SMILES string of the molecule is CN(CC1CCCN(C(=O)Cc2csc(-c3ccccc3Cl)n2)C1)C(=O)OC(C)(C)C. The summed E-state index contributed by atoms with van der Waals surface area (Å²) in [7, 11) is 1.75. The van der Waals surface area contributed by atoms with Gasteiger partial charge in [-0.3, -0.25) is 4.79 Å². The van der Waals surface area contributed by atoms with Gasteiger partial charge in [0, 0.05) is 37.6 Å². The minimum Gasteiger partial charge on any atom is -0.444 e. The summed E-state index contributed by atoms with van der Waals surface area (Å²) in [6.07, 6.45) is 1.87. The lowest BCUT2D eigenvalue weighted by atomic mass is 9.97. The van der Waals surface area contributed by atoms with E-state index in [-0.39, 0.29) is 24.3 Å². The molecule has 1 aliphatic heterocycles. The van der Waals surface area contributed by atoms with E-state index in [1.165, 1.54) is 11.3 Å². The van der Waals surface area contributed by atoms with Crippen molar-refractivity contribution in [3.8, 4) is 10.6 Å². The zero-order chi connectivity index (χ0) is 22.6. The predicted octanol–water partition coefficient (Wildman–Crippen LogP) is 5.11. The number of likely N-dealkylation sites (tertiary alicyclic amines) is 1. The highest BCUT2D eigenvalue weighted by Crippen LogP contribution is 2.30. The van der Waals surface area contributed by atoms with Crippen LogP contribution in [0.2, 0.25) is 5.02 Å². The third kappa shape index (κ3) is 6.68. The van der Waals surface area contributed by atoms with Crippen LogP contribution in [-0.2, 0) is 16.0 Å². The van der Waals surface area contributed by atoms with E-state index < -0.39 is 5.60 Å². The maximum absolute atomic E-state index is 12.9. The van der Waals surface area contributed by atoms with E-state index in [4.69, 9.17) is 16.3 Å². The van der Waals surface area contributed by atoms with E-state index in [2.05, 4.69) is 4.98 Å². The van der Waals surface area contributed by atoms with Gasteiger partial charge in [0.15, 0.2) is 0 Å². The minimum atomic E-state index is -0.518. The summed E-state index contributed by atoms with van der Waals surface area (Å²) in [6.45, 7) is 7.53. The predicted molar refractivity (Wildman–Crippen MR) is 124 cm³/mol. The molecule has 1 aromatic heterocycles. The molecule has 1 aliphatic rings. The summed E-state index contributed by atoms with van der Waals surface area (Å²) in [5.74, 6) is 0.310. The molecule has 1 atom stereocenters. The number of hydrogen-bond acceptors (Lipinski definition) is 5. The Morgan fingerprint density at radius 1 is 1.32 bits per heavy atom. The number of piperidine rings is 1. The zero-order valence-corrected chi connectivity index (χ0v) is 20.1. The summed E-state index contributed by atoms with van der Waals surface area (Å²) in [5, 5.41) is 3.40. The Hall–Kier alpha value is -2.12. The van der Waals surface area contributed by atoms with Crippen molar-refractivity contribution in [2.45, 2.75) is 45.6 Å². The van der Waals surface area contributed by atoms with Crippen molar-refractivity contribution in [3.63, 3.8) is 0 Å². The molecule has 0 radical (unpaired) electrons. The van der Waals surface area contributed by atoms with Crippen LogP contribution < -0.4 is 0 Å². The second kappa shape index (κ2) is 10.0. The molecule has 1 aromatic carbocycles. The van der Waals surface area contributed by atoms with Crippen LogP contribution >= 0.6 is 22.9 Å². The van der Waals surface area contributed by atoms with Crippen LogP contribution in [0.3, 0.4) is 0 Å². The van der Waals surface area contributed by atoms with Crippen LogP contribution in [0, 0.1) is 5.92 Å². The molecule has 0 saturated carbocycles. The molecule has 1 unspecified atom stereocenters. The lowest BCUT2D eigenvalue weighted by molar-refractivity contribution is -0.132. The first-order chi connectivity index (χ1) is 14.6. The van der Waals surface area contributed by atoms with Gasteiger partial charge in [-0.1, -0.05) is 29.8 Å². The molecule has 2 amide bonds. The van der Waals surface area contributed by atoms with Crippen LogP contribution in [0.4, 0.5) is 4.79 Å². The normalized spacial score (nSPS) is 16.8. The van der Waals surface area contributed by atoms with Crippen molar-refractivity contribution in [2.24, 2.45) is 5.92 Å². The molecule has 31 heavy (non-hydrogen) atoms. The molecular formula is C23H30ClN3O3S. The molecule has 0 aliphatic carbocycles. The first-order valence-electron chi connectivity index (χ1n) is 10.5. The Kier molecular flexibility index (Phi) is 7.59. The van der Waals surface area contributed by atoms with Gasteiger partial charge in [-0.15, -0.1) is 11.3 Å². The maximum atomic E-state index is 12.9. The van der Waals surface area contributed by atoms with Crippen molar-refractivity contribution in [1.29, 1.82) is 0 Å². The smallest absolute Gasteiger partial charge is 0.410 e. The van der Waals surface area contributed by atoms with Gasteiger partial charge >= 0.3 is 6.09 Å². The van der Waals surface area contributed by atoms with Gasteiger partial charge < -0.3 is 14.5 Å². The van der Waals surface area contributed by atoms with E-state index in [1.807, 2.05) is 55.3 Å². The molecular weight excluding hydrogens is 434 g/mol. The minimum absolute atomic E-state index is 0.0700. The number of amides is 2. The van der Waals surface area contributed by atoms with Gasteiger partial charge in [-0.25, -0.2) is 9.78 Å². The number of carbonyl (C=O) groups excluding carboxylic acids is 2. The average molecular weight is 464 g/mol. The molecule has 8 heteroatoms. The zero-order valence-electron chi connectivity index (χ0n) is 18.6. The van der Waals surface area contributed by atoms with E-state index in [9.17, 15) is 9.59 Å². The Morgan fingerprint density at radius 3 is 2.77 bits per heavy atom. The largest absolute Gasteiger partial charge is 0.444 e. The number of hydrogen-bond donors (Lipinski definition) is 0. The van der Waals surface area contributed by atoms with E-state index in [0.29, 0.717) is 18.1 Å². The highest BCUT2D eigenvalue weighted by molar-refractivity contribution is 7.13. The summed E-state index contributed by atoms with van der Waals surface area (Å²) in [4.78, 5) is 33.3. The van der Waals surface area contributed by atoms with Crippen molar-refractivity contribution >= 4 is 34.9 Å². The average Bonchev–Trinajstić information content (AvgIpc) is 3.15. The van der Waals surface area contributed by atoms with Gasteiger partial charge in [0.2, 0.25) is 5.91 Å². The molecule has 6 nitrogen and oxygen atoms in total. The number of nitrogens with zero attached hydrogens (tertiary/aromatic N) is 3. The van der Waals surface area contributed by atoms with Crippen molar-refractivity contribution in [2.75, 3.05) is 26.7 Å². The van der Waals surface area contributed by atoms with Crippen LogP contribution in [-0.4, -0.2) is 59.1 Å². The lowest BCUT2D eigenvalue weighted by Gasteiger charge is -2.35. The molecule has 0 bridgehead atoms. The molecule has 2 heterocycles. The number of aromatic nitrogens is 1. The van der Waals surface area contributed by atoms with Gasteiger partial charge in [0.05, 0.1) is 17.1 Å². The third-order valence-electron chi connectivity index (χ3n) is 5.10. The van der Waals surface area contributed by atoms with Gasteiger partial charge in [-0.2, -0.15) is 0 Å². The highest BCUT2D eigenvalue weighted by atomic mass is 35.5. The number of halogens is 1. The second-order valence-corrected chi connectivity index (χ2v) is 10.3. The fourth-order valence-corrected chi connectivity index (χ4v) is 4.80. The standard InChI is InChI=1S/C23H30ClN3O3S/c1-23(2,3)30-22(29)26(4)13-16-8-7-11-27(14-16)20(28)12-17-15-31-21(25-17)18-9-5-6-10-19(18)24/h5-6,9-10,15-16H,7-8,11-14H2,1-4H3. The fourth-order valence-electron chi connectivity index (χ4n) is 3.66. The van der Waals surface area contributed by atoms with Gasteiger partial charge in [-0.05, 0) is 45.6 Å². The molecule has 1 fully saturated rings. The first kappa shape index (κ1) is 23.5. The van der Waals surface area contributed by atoms with Crippen molar-refractivity contribution < 1.29 is 14.3 Å². The monoisotopic (exact) mass is 463 g/mol. The topological polar surface area (TPSA) is 62.7 Å². The molecule has 2 aromatic rings. The quantitative estimate of drug-likeness (QED) is 0.618. The number of thiazole rings is 1. The Morgan fingerprint density at radius 2 is 2.06 bits per heavy atom. The molecule has 3 rings (SSSR count). The first-order valence-corrected chi connectivity index (χ1v) is 11.8. The van der Waals surface area contributed by atoms with E-state index in [0.717, 1.165) is 35.7 Å².